The number of aryl methyl sites for hydroxylation is 1. The van der Waals surface area contributed by atoms with E-state index in [1.807, 2.05) is 13.0 Å². The van der Waals surface area contributed by atoms with Gasteiger partial charge in [0, 0.05) is 12.6 Å². The van der Waals surface area contributed by atoms with Crippen molar-refractivity contribution in [2.45, 2.75) is 25.8 Å². The van der Waals surface area contributed by atoms with E-state index in [0.717, 1.165) is 35.8 Å². The smallest absolute Gasteiger partial charge is 0.162 e. The fourth-order valence-electron chi connectivity index (χ4n) is 2.41. The number of nitriles is 1. The number of halogens is 1. The first kappa shape index (κ1) is 12.5. The maximum atomic E-state index is 9.18. The minimum atomic E-state index is 0.140. The largest absolute Gasteiger partial charge is 0.361 e. The number of anilines is 1. The van der Waals surface area contributed by atoms with Gasteiger partial charge in [0.05, 0.1) is 6.04 Å². The van der Waals surface area contributed by atoms with Crippen LogP contribution in [-0.4, -0.2) is 16.1 Å². The van der Waals surface area contributed by atoms with Gasteiger partial charge in [-0.2, -0.15) is 9.64 Å². The van der Waals surface area contributed by atoms with Gasteiger partial charge in [-0.1, -0.05) is 16.8 Å². The van der Waals surface area contributed by atoms with E-state index in [-0.39, 0.29) is 11.2 Å². The standard InChI is InChI=1S/C12H11ClN4OS/c1-7-5-9(15-18-7)10-3-2-4-17(10)12-8(6-14)11(13)16-19-12/h5,10H,2-4H2,1H3/t10-/m0/s1. The highest BCUT2D eigenvalue weighted by Crippen LogP contribution is 2.41. The van der Waals surface area contributed by atoms with Crippen LogP contribution in [0.2, 0.25) is 5.15 Å². The molecule has 0 unspecified atom stereocenters. The zero-order valence-corrected chi connectivity index (χ0v) is 11.8. The number of rotatable bonds is 2. The number of nitrogens with zero attached hydrogens (tertiary/aromatic N) is 4. The van der Waals surface area contributed by atoms with Gasteiger partial charge < -0.3 is 9.42 Å². The molecule has 98 valence electrons. The fraction of sp³-hybridized carbons (Fsp3) is 0.417. The Balaban J connectivity index is 1.98. The Kier molecular flexibility index (Phi) is 3.17. The molecule has 1 fully saturated rings. The van der Waals surface area contributed by atoms with Gasteiger partial charge in [-0.3, -0.25) is 0 Å². The minimum absolute atomic E-state index is 0.140. The van der Waals surface area contributed by atoms with Crippen LogP contribution in [0.5, 0.6) is 0 Å². The highest BCUT2D eigenvalue weighted by Gasteiger charge is 2.32. The van der Waals surface area contributed by atoms with Crippen LogP contribution in [0.25, 0.3) is 0 Å². The van der Waals surface area contributed by atoms with Gasteiger partial charge in [-0.05, 0) is 31.3 Å². The lowest BCUT2D eigenvalue weighted by Crippen LogP contribution is -2.22. The Labute approximate surface area is 119 Å². The highest BCUT2D eigenvalue weighted by atomic mass is 35.5. The van der Waals surface area contributed by atoms with Gasteiger partial charge in [0.15, 0.2) is 5.15 Å². The van der Waals surface area contributed by atoms with E-state index in [1.165, 1.54) is 11.5 Å². The Hall–Kier alpha value is -1.58. The lowest BCUT2D eigenvalue weighted by atomic mass is 10.1. The van der Waals surface area contributed by atoms with Crippen molar-refractivity contribution in [1.82, 2.24) is 9.53 Å². The second-order valence-electron chi connectivity index (χ2n) is 4.48. The summed E-state index contributed by atoms with van der Waals surface area (Å²) < 4.78 is 9.21. The minimum Gasteiger partial charge on any atom is -0.361 e. The van der Waals surface area contributed by atoms with Crippen molar-refractivity contribution in [3.05, 3.63) is 28.2 Å². The predicted octanol–water partition coefficient (Wildman–Crippen LogP) is 3.31. The maximum absolute atomic E-state index is 9.18. The molecule has 19 heavy (non-hydrogen) atoms. The molecule has 0 N–H and O–H groups in total. The van der Waals surface area contributed by atoms with Gasteiger partial charge in [-0.15, -0.1) is 0 Å². The normalized spacial score (nSPS) is 18.8. The van der Waals surface area contributed by atoms with E-state index in [0.29, 0.717) is 5.56 Å². The van der Waals surface area contributed by atoms with E-state index in [9.17, 15) is 5.26 Å². The second-order valence-corrected chi connectivity index (χ2v) is 5.59. The molecule has 0 radical (unpaired) electrons. The molecule has 0 aromatic carbocycles. The van der Waals surface area contributed by atoms with Crippen LogP contribution in [0.15, 0.2) is 10.6 Å². The fourth-order valence-corrected chi connectivity index (χ4v) is 3.52. The average Bonchev–Trinajstić information content (AvgIpc) is 3.07. The van der Waals surface area contributed by atoms with E-state index in [4.69, 9.17) is 16.1 Å². The Morgan fingerprint density at radius 2 is 2.47 bits per heavy atom. The molecule has 0 saturated carbocycles. The number of hydrogen-bond acceptors (Lipinski definition) is 6. The molecular weight excluding hydrogens is 284 g/mol. The molecule has 1 aliphatic heterocycles. The first-order valence-electron chi connectivity index (χ1n) is 5.96. The molecule has 5 nitrogen and oxygen atoms in total. The molecule has 0 amide bonds. The van der Waals surface area contributed by atoms with Crippen LogP contribution < -0.4 is 4.90 Å². The summed E-state index contributed by atoms with van der Waals surface area (Å²) in [5, 5.41) is 14.4. The molecule has 2 aromatic rings. The summed E-state index contributed by atoms with van der Waals surface area (Å²) in [7, 11) is 0. The Bertz CT molecular complexity index is 644. The third kappa shape index (κ3) is 2.09. The molecule has 1 aliphatic rings. The molecule has 2 aromatic heterocycles. The second kappa shape index (κ2) is 4.83. The van der Waals surface area contributed by atoms with Crippen molar-refractivity contribution in [2.75, 3.05) is 11.4 Å². The molecule has 1 atom stereocenters. The van der Waals surface area contributed by atoms with E-state index < -0.39 is 0 Å². The lowest BCUT2D eigenvalue weighted by Gasteiger charge is -2.23. The third-order valence-corrected chi connectivity index (χ3v) is 4.50. The number of hydrogen-bond donors (Lipinski definition) is 0. The summed E-state index contributed by atoms with van der Waals surface area (Å²) in [6.45, 7) is 2.75. The Morgan fingerprint density at radius 3 is 3.16 bits per heavy atom. The maximum Gasteiger partial charge on any atom is 0.162 e. The van der Waals surface area contributed by atoms with Gasteiger partial charge in [0.2, 0.25) is 0 Å². The van der Waals surface area contributed by atoms with Crippen LogP contribution in [-0.2, 0) is 0 Å². The summed E-state index contributed by atoms with van der Waals surface area (Å²) in [5.74, 6) is 0.796. The van der Waals surface area contributed by atoms with Crippen LogP contribution in [0, 0.1) is 18.3 Å². The monoisotopic (exact) mass is 294 g/mol. The molecule has 1 saturated heterocycles. The summed E-state index contributed by atoms with van der Waals surface area (Å²) in [5.41, 5.74) is 1.36. The van der Waals surface area contributed by atoms with Crippen molar-refractivity contribution in [2.24, 2.45) is 0 Å². The van der Waals surface area contributed by atoms with Crippen LogP contribution in [0.1, 0.15) is 35.9 Å². The molecule has 3 rings (SSSR count). The summed E-state index contributed by atoms with van der Waals surface area (Å²) in [6, 6.07) is 4.21. The van der Waals surface area contributed by atoms with Gasteiger partial charge in [0.25, 0.3) is 0 Å². The predicted molar refractivity (Wildman–Crippen MR) is 72.4 cm³/mol. The summed E-state index contributed by atoms with van der Waals surface area (Å²) in [4.78, 5) is 2.15. The quantitative estimate of drug-likeness (QED) is 0.850. The molecule has 3 heterocycles. The SMILES string of the molecule is Cc1cc([C@@H]2CCCN2c2snc(Cl)c2C#N)no1. The zero-order chi connectivity index (χ0) is 13.4. The lowest BCUT2D eigenvalue weighted by molar-refractivity contribution is 0.385. The Morgan fingerprint density at radius 1 is 1.63 bits per heavy atom. The zero-order valence-electron chi connectivity index (χ0n) is 10.3. The van der Waals surface area contributed by atoms with Crippen molar-refractivity contribution >= 4 is 28.1 Å². The van der Waals surface area contributed by atoms with E-state index in [1.54, 1.807) is 0 Å². The van der Waals surface area contributed by atoms with E-state index >= 15 is 0 Å². The molecule has 7 heteroatoms. The summed E-state index contributed by atoms with van der Waals surface area (Å²) in [6.07, 6.45) is 2.04. The molecule has 0 bridgehead atoms. The number of aromatic nitrogens is 2. The van der Waals surface area contributed by atoms with Crippen LogP contribution in [0.3, 0.4) is 0 Å². The average molecular weight is 295 g/mol. The first-order chi connectivity index (χ1) is 9.20. The molecular formula is C12H11ClN4OS. The highest BCUT2D eigenvalue weighted by molar-refractivity contribution is 7.10. The van der Waals surface area contributed by atoms with Crippen molar-refractivity contribution in [3.63, 3.8) is 0 Å². The van der Waals surface area contributed by atoms with E-state index in [2.05, 4.69) is 20.5 Å². The molecule has 0 aliphatic carbocycles. The molecule has 0 spiro atoms. The van der Waals surface area contributed by atoms with Crippen molar-refractivity contribution in [1.29, 1.82) is 5.26 Å². The summed E-state index contributed by atoms with van der Waals surface area (Å²) >= 11 is 7.20. The van der Waals surface area contributed by atoms with Gasteiger partial charge in [0.1, 0.15) is 28.1 Å². The first-order valence-corrected chi connectivity index (χ1v) is 7.11. The van der Waals surface area contributed by atoms with Crippen molar-refractivity contribution < 1.29 is 4.52 Å². The van der Waals surface area contributed by atoms with Gasteiger partial charge >= 0.3 is 0 Å². The van der Waals surface area contributed by atoms with Crippen molar-refractivity contribution in [3.8, 4) is 6.07 Å². The van der Waals surface area contributed by atoms with Crippen LogP contribution >= 0.6 is 23.1 Å². The van der Waals surface area contributed by atoms with Gasteiger partial charge in [-0.25, -0.2) is 0 Å². The topological polar surface area (TPSA) is 66.0 Å². The third-order valence-electron chi connectivity index (χ3n) is 3.25. The van der Waals surface area contributed by atoms with Crippen LogP contribution in [0.4, 0.5) is 5.00 Å².